The van der Waals surface area contributed by atoms with E-state index in [2.05, 4.69) is 33.2 Å². The number of anilines is 3. The highest BCUT2D eigenvalue weighted by atomic mass is 127. The number of carbonyl (C=O) groups is 3. The van der Waals surface area contributed by atoms with Gasteiger partial charge in [0.25, 0.3) is 17.7 Å². The molecule has 9 heteroatoms. The van der Waals surface area contributed by atoms with E-state index in [4.69, 9.17) is 23.2 Å². The van der Waals surface area contributed by atoms with Crippen molar-refractivity contribution in [3.8, 4) is 0 Å². The van der Waals surface area contributed by atoms with Crippen LogP contribution in [0.5, 0.6) is 0 Å². The van der Waals surface area contributed by atoms with E-state index >= 15 is 0 Å². The van der Waals surface area contributed by atoms with Crippen molar-refractivity contribution in [2.24, 2.45) is 0 Å². The number of benzene rings is 3. The Kier molecular flexibility index (Phi) is 6.73. The minimum Gasteiger partial charge on any atom is -0.350 e. The molecule has 0 aromatic heterocycles. The third kappa shape index (κ3) is 4.90. The lowest BCUT2D eigenvalue weighted by molar-refractivity contribution is -0.120. The average molecular weight is 592 g/mol. The van der Waals surface area contributed by atoms with Crippen LogP contribution < -0.4 is 15.5 Å². The summed E-state index contributed by atoms with van der Waals surface area (Å²) in [6.07, 6.45) is 0. The summed E-state index contributed by atoms with van der Waals surface area (Å²) in [7, 11) is 0. The monoisotopic (exact) mass is 591 g/mol. The van der Waals surface area contributed by atoms with Gasteiger partial charge in [-0.3, -0.25) is 14.4 Å². The summed E-state index contributed by atoms with van der Waals surface area (Å²) in [5.41, 5.74) is 2.65. The number of hydrogen-bond donors (Lipinski definition) is 2. The van der Waals surface area contributed by atoms with Gasteiger partial charge in [-0.2, -0.15) is 0 Å². The van der Waals surface area contributed by atoms with Crippen molar-refractivity contribution in [3.05, 3.63) is 97.2 Å². The van der Waals surface area contributed by atoms with Crippen LogP contribution in [0.1, 0.15) is 15.9 Å². The number of carbonyl (C=O) groups excluding carboxylic acids is 3. The van der Waals surface area contributed by atoms with Crippen molar-refractivity contribution in [1.29, 1.82) is 0 Å². The molecule has 0 atom stereocenters. The standard InChI is InChI=1S/C24H16Cl2IN3O3/c1-13-2-5-15(25)12-19(13)30-23(32)20(26)21(24(30)33)28-17-8-3-14(4-9-17)22(31)29-18-10-6-16(27)7-11-18/h2-12,28H,1H3,(H,29,31). The molecule has 0 aliphatic carbocycles. The summed E-state index contributed by atoms with van der Waals surface area (Å²) in [4.78, 5) is 39.2. The summed E-state index contributed by atoms with van der Waals surface area (Å²) in [5, 5.41) is 5.89. The summed E-state index contributed by atoms with van der Waals surface area (Å²) >= 11 is 14.4. The summed E-state index contributed by atoms with van der Waals surface area (Å²) in [6.45, 7) is 1.77. The van der Waals surface area contributed by atoms with Crippen molar-refractivity contribution in [2.75, 3.05) is 15.5 Å². The van der Waals surface area contributed by atoms with Gasteiger partial charge in [0.1, 0.15) is 10.7 Å². The Morgan fingerprint density at radius 3 is 2.18 bits per heavy atom. The second-order valence-electron chi connectivity index (χ2n) is 7.23. The lowest BCUT2D eigenvalue weighted by Gasteiger charge is -2.17. The molecule has 33 heavy (non-hydrogen) atoms. The molecule has 0 unspecified atom stereocenters. The summed E-state index contributed by atoms with van der Waals surface area (Å²) < 4.78 is 1.07. The molecule has 1 heterocycles. The number of amides is 3. The fourth-order valence-corrected chi connectivity index (χ4v) is 3.98. The van der Waals surface area contributed by atoms with Gasteiger partial charge < -0.3 is 10.6 Å². The minimum atomic E-state index is -0.636. The quantitative estimate of drug-likeness (QED) is 0.284. The topological polar surface area (TPSA) is 78.5 Å². The van der Waals surface area contributed by atoms with E-state index in [0.29, 0.717) is 33.2 Å². The first-order valence-corrected chi connectivity index (χ1v) is 11.6. The van der Waals surface area contributed by atoms with Crippen LogP contribution in [0.3, 0.4) is 0 Å². The second-order valence-corrected chi connectivity index (χ2v) is 9.29. The molecular formula is C24H16Cl2IN3O3. The molecule has 6 nitrogen and oxygen atoms in total. The highest BCUT2D eigenvalue weighted by Crippen LogP contribution is 2.33. The maximum Gasteiger partial charge on any atom is 0.283 e. The van der Waals surface area contributed by atoms with Crippen LogP contribution in [0.25, 0.3) is 0 Å². The van der Waals surface area contributed by atoms with E-state index in [1.54, 1.807) is 49.4 Å². The van der Waals surface area contributed by atoms with Crippen LogP contribution >= 0.6 is 45.8 Å². The Labute approximate surface area is 213 Å². The molecule has 4 rings (SSSR count). The Bertz CT molecular complexity index is 1310. The number of nitrogens with one attached hydrogen (secondary N) is 2. The number of nitrogens with zero attached hydrogens (tertiary/aromatic N) is 1. The van der Waals surface area contributed by atoms with Gasteiger partial charge in [0.2, 0.25) is 0 Å². The molecule has 166 valence electrons. The Hall–Kier alpha value is -2.88. The largest absolute Gasteiger partial charge is 0.350 e. The van der Waals surface area contributed by atoms with Gasteiger partial charge in [-0.1, -0.05) is 29.3 Å². The number of hydrogen-bond acceptors (Lipinski definition) is 4. The SMILES string of the molecule is Cc1ccc(Cl)cc1N1C(=O)C(Cl)=C(Nc2ccc(C(=O)Nc3ccc(I)cc3)cc2)C1=O. The highest BCUT2D eigenvalue weighted by Gasteiger charge is 2.39. The fraction of sp³-hybridized carbons (Fsp3) is 0.0417. The van der Waals surface area contributed by atoms with Crippen molar-refractivity contribution in [3.63, 3.8) is 0 Å². The fourth-order valence-electron chi connectivity index (χ4n) is 3.24. The van der Waals surface area contributed by atoms with E-state index < -0.39 is 11.8 Å². The molecule has 0 radical (unpaired) electrons. The molecular weight excluding hydrogens is 576 g/mol. The number of rotatable bonds is 5. The molecule has 0 bridgehead atoms. The van der Waals surface area contributed by atoms with E-state index in [1.165, 1.54) is 0 Å². The molecule has 2 N–H and O–H groups in total. The second kappa shape index (κ2) is 9.54. The first-order valence-electron chi connectivity index (χ1n) is 9.73. The van der Waals surface area contributed by atoms with Crippen molar-refractivity contribution < 1.29 is 14.4 Å². The van der Waals surface area contributed by atoms with Gasteiger partial charge >= 0.3 is 0 Å². The Balaban J connectivity index is 1.50. The van der Waals surface area contributed by atoms with Crippen LogP contribution in [-0.4, -0.2) is 17.7 Å². The lowest BCUT2D eigenvalue weighted by Crippen LogP contribution is -2.32. The predicted molar refractivity (Wildman–Crippen MR) is 139 cm³/mol. The molecule has 3 aromatic rings. The third-order valence-corrected chi connectivity index (χ3v) is 6.26. The zero-order valence-electron chi connectivity index (χ0n) is 17.2. The molecule has 3 aromatic carbocycles. The lowest BCUT2D eigenvalue weighted by atomic mass is 10.1. The highest BCUT2D eigenvalue weighted by molar-refractivity contribution is 14.1. The van der Waals surface area contributed by atoms with Crippen LogP contribution in [0, 0.1) is 10.5 Å². The maximum atomic E-state index is 13.0. The molecule has 1 aliphatic rings. The molecule has 0 saturated carbocycles. The summed E-state index contributed by atoms with van der Waals surface area (Å²) in [5.74, 6) is -1.49. The minimum absolute atomic E-state index is 0.0443. The number of aryl methyl sites for hydroxylation is 1. The first-order chi connectivity index (χ1) is 15.7. The van der Waals surface area contributed by atoms with Crippen LogP contribution in [-0.2, 0) is 9.59 Å². The van der Waals surface area contributed by atoms with E-state index in [9.17, 15) is 14.4 Å². The van der Waals surface area contributed by atoms with E-state index in [-0.39, 0.29) is 16.6 Å². The maximum absolute atomic E-state index is 13.0. The van der Waals surface area contributed by atoms with E-state index in [1.807, 2.05) is 24.3 Å². The average Bonchev–Trinajstić information content (AvgIpc) is 3.00. The van der Waals surface area contributed by atoms with Crippen molar-refractivity contribution in [1.82, 2.24) is 0 Å². The van der Waals surface area contributed by atoms with Gasteiger partial charge in [0, 0.05) is 25.5 Å². The van der Waals surface area contributed by atoms with Crippen LogP contribution in [0.4, 0.5) is 17.1 Å². The molecule has 0 fully saturated rings. The van der Waals surface area contributed by atoms with Crippen LogP contribution in [0.2, 0.25) is 5.02 Å². The molecule has 0 saturated heterocycles. The van der Waals surface area contributed by atoms with E-state index in [0.717, 1.165) is 8.47 Å². The number of halogens is 3. The van der Waals surface area contributed by atoms with Gasteiger partial charge in [-0.15, -0.1) is 0 Å². The molecule has 0 spiro atoms. The molecule has 1 aliphatic heterocycles. The van der Waals surface area contributed by atoms with Gasteiger partial charge in [0.15, 0.2) is 0 Å². The van der Waals surface area contributed by atoms with Crippen molar-refractivity contribution in [2.45, 2.75) is 6.92 Å². The van der Waals surface area contributed by atoms with Gasteiger partial charge in [-0.25, -0.2) is 4.90 Å². The first kappa shape index (κ1) is 23.3. The predicted octanol–water partition coefficient (Wildman–Crippen LogP) is 5.94. The van der Waals surface area contributed by atoms with Crippen molar-refractivity contribution >= 4 is 80.6 Å². The normalized spacial score (nSPS) is 13.5. The van der Waals surface area contributed by atoms with Crippen LogP contribution in [0.15, 0.2) is 77.5 Å². The Morgan fingerprint density at radius 1 is 0.879 bits per heavy atom. The zero-order chi connectivity index (χ0) is 23.7. The molecule has 3 amide bonds. The zero-order valence-corrected chi connectivity index (χ0v) is 20.8. The third-order valence-electron chi connectivity index (χ3n) is 4.96. The summed E-state index contributed by atoms with van der Waals surface area (Å²) in [6, 6.07) is 18.9. The smallest absolute Gasteiger partial charge is 0.283 e. The Morgan fingerprint density at radius 2 is 1.52 bits per heavy atom. The van der Waals surface area contributed by atoms with Gasteiger partial charge in [-0.05, 0) is 95.7 Å². The van der Waals surface area contributed by atoms with Gasteiger partial charge in [0.05, 0.1) is 5.69 Å². The number of imide groups is 1.